The van der Waals surface area contributed by atoms with Crippen LogP contribution in [0.5, 0.6) is 5.75 Å². The minimum absolute atomic E-state index is 0.143. The summed E-state index contributed by atoms with van der Waals surface area (Å²) in [5.41, 5.74) is 1.54. The highest BCUT2D eigenvalue weighted by atomic mass is 19.4. The summed E-state index contributed by atoms with van der Waals surface area (Å²) in [6.07, 6.45) is 0.392. The summed E-state index contributed by atoms with van der Waals surface area (Å²) < 4.78 is 53.7. The monoisotopic (exact) mass is 378 g/mol. The highest BCUT2D eigenvalue weighted by molar-refractivity contribution is 5.59. The van der Waals surface area contributed by atoms with Crippen molar-refractivity contribution in [3.63, 3.8) is 0 Å². The summed E-state index contributed by atoms with van der Waals surface area (Å²) in [7, 11) is 0. The number of aromatic nitrogens is 3. The summed E-state index contributed by atoms with van der Waals surface area (Å²) in [6.45, 7) is 1.88. The molecule has 0 radical (unpaired) electrons. The number of halogens is 4. The third-order valence-electron chi connectivity index (χ3n) is 3.63. The molecule has 0 spiro atoms. The topological polar surface area (TPSA) is 59.9 Å². The maximum atomic E-state index is 13.0. The maximum absolute atomic E-state index is 13.0. The van der Waals surface area contributed by atoms with Crippen LogP contribution in [0.1, 0.15) is 18.5 Å². The van der Waals surface area contributed by atoms with Crippen LogP contribution in [0.3, 0.4) is 0 Å². The number of nitrogens with one attached hydrogen (secondary N) is 1. The molecule has 5 nitrogen and oxygen atoms in total. The zero-order valence-corrected chi connectivity index (χ0v) is 14.0. The standard InChI is InChI=1S/C18H14F4N4O/c1-11(12-2-4-14(19)5-3-12)26-17-10-24-16(9-25-17)13-6-15(8-23-7-13)27-18(20,21)22/h2-11H,1H3,(H,25,26)/t11-/m1/s1. The molecule has 1 N–H and O–H groups in total. The molecule has 2 heterocycles. The van der Waals surface area contributed by atoms with Gasteiger partial charge in [-0.15, -0.1) is 13.2 Å². The summed E-state index contributed by atoms with van der Waals surface area (Å²) in [5.74, 6) is -0.291. The van der Waals surface area contributed by atoms with Crippen molar-refractivity contribution in [2.24, 2.45) is 0 Å². The fourth-order valence-electron chi connectivity index (χ4n) is 2.36. The van der Waals surface area contributed by atoms with Gasteiger partial charge in [0.15, 0.2) is 0 Å². The number of alkyl halides is 3. The van der Waals surface area contributed by atoms with Gasteiger partial charge < -0.3 is 10.1 Å². The number of anilines is 1. The second-order valence-electron chi connectivity index (χ2n) is 5.66. The molecule has 2 aromatic heterocycles. The van der Waals surface area contributed by atoms with Gasteiger partial charge >= 0.3 is 6.36 Å². The minimum Gasteiger partial charge on any atom is -0.404 e. The molecular weight excluding hydrogens is 364 g/mol. The van der Waals surface area contributed by atoms with Gasteiger partial charge in [0.2, 0.25) is 0 Å². The molecule has 0 aliphatic rings. The van der Waals surface area contributed by atoms with Crippen LogP contribution in [-0.2, 0) is 0 Å². The van der Waals surface area contributed by atoms with E-state index in [1.165, 1.54) is 36.8 Å². The van der Waals surface area contributed by atoms with Gasteiger partial charge in [-0.2, -0.15) is 0 Å². The zero-order valence-electron chi connectivity index (χ0n) is 14.0. The van der Waals surface area contributed by atoms with E-state index in [-0.39, 0.29) is 11.9 Å². The highest BCUT2D eigenvalue weighted by Crippen LogP contribution is 2.26. The van der Waals surface area contributed by atoms with Crippen molar-refractivity contribution in [1.29, 1.82) is 0 Å². The van der Waals surface area contributed by atoms with Gasteiger partial charge in [-0.05, 0) is 30.7 Å². The Balaban J connectivity index is 1.72. The van der Waals surface area contributed by atoms with Crippen molar-refractivity contribution < 1.29 is 22.3 Å². The van der Waals surface area contributed by atoms with Crippen molar-refractivity contribution in [3.05, 3.63) is 66.5 Å². The quantitative estimate of drug-likeness (QED) is 0.650. The first-order valence-corrected chi connectivity index (χ1v) is 7.85. The van der Waals surface area contributed by atoms with Gasteiger partial charge in [-0.25, -0.2) is 9.37 Å². The number of hydrogen-bond donors (Lipinski definition) is 1. The predicted molar refractivity (Wildman–Crippen MR) is 90.4 cm³/mol. The molecule has 3 aromatic rings. The van der Waals surface area contributed by atoms with E-state index in [4.69, 9.17) is 0 Å². The van der Waals surface area contributed by atoms with Gasteiger partial charge in [0, 0.05) is 17.8 Å². The van der Waals surface area contributed by atoms with E-state index in [1.807, 2.05) is 6.92 Å². The number of ether oxygens (including phenoxy) is 1. The van der Waals surface area contributed by atoms with E-state index in [2.05, 4.69) is 25.0 Å². The first-order chi connectivity index (χ1) is 12.8. The molecule has 140 valence electrons. The highest BCUT2D eigenvalue weighted by Gasteiger charge is 2.31. The Hall–Kier alpha value is -3.23. The molecule has 0 saturated carbocycles. The summed E-state index contributed by atoms with van der Waals surface area (Å²) >= 11 is 0. The lowest BCUT2D eigenvalue weighted by molar-refractivity contribution is -0.274. The SMILES string of the molecule is C[C@@H](Nc1cnc(-c2cncc(OC(F)(F)F)c2)cn1)c1ccc(F)cc1. The van der Waals surface area contributed by atoms with Crippen LogP contribution >= 0.6 is 0 Å². The van der Waals surface area contributed by atoms with Gasteiger partial charge in [-0.1, -0.05) is 12.1 Å². The molecule has 0 amide bonds. The first kappa shape index (κ1) is 18.6. The van der Waals surface area contributed by atoms with Crippen LogP contribution in [-0.4, -0.2) is 21.3 Å². The lowest BCUT2D eigenvalue weighted by atomic mass is 10.1. The lowest BCUT2D eigenvalue weighted by Gasteiger charge is -2.15. The Bertz CT molecular complexity index is 898. The van der Waals surface area contributed by atoms with Crippen molar-refractivity contribution in [1.82, 2.24) is 15.0 Å². The summed E-state index contributed by atoms with van der Waals surface area (Å²) in [4.78, 5) is 12.1. The summed E-state index contributed by atoms with van der Waals surface area (Å²) in [5, 5.41) is 3.11. The van der Waals surface area contributed by atoms with Gasteiger partial charge in [0.25, 0.3) is 0 Å². The number of nitrogens with zero attached hydrogens (tertiary/aromatic N) is 3. The summed E-state index contributed by atoms with van der Waals surface area (Å²) in [6, 6.07) is 7.09. The number of benzene rings is 1. The van der Waals surface area contributed by atoms with Crippen molar-refractivity contribution in [3.8, 4) is 17.0 Å². The Kier molecular flexibility index (Phi) is 5.20. The number of pyridine rings is 1. The number of rotatable bonds is 5. The fourth-order valence-corrected chi connectivity index (χ4v) is 2.36. The van der Waals surface area contributed by atoms with Crippen molar-refractivity contribution in [2.45, 2.75) is 19.3 Å². The fraction of sp³-hybridized carbons (Fsp3) is 0.167. The molecule has 3 rings (SSSR count). The lowest BCUT2D eigenvalue weighted by Crippen LogP contribution is -2.17. The molecule has 0 aliphatic carbocycles. The van der Waals surface area contributed by atoms with Crippen LogP contribution in [0.2, 0.25) is 0 Å². The molecule has 0 unspecified atom stereocenters. The molecule has 1 aromatic carbocycles. The van der Waals surface area contributed by atoms with Crippen molar-refractivity contribution >= 4 is 5.82 Å². The molecule has 9 heteroatoms. The predicted octanol–water partition coefficient (Wildman–Crippen LogP) is 4.75. The van der Waals surface area contributed by atoms with Crippen LogP contribution < -0.4 is 10.1 Å². The normalized spacial score (nSPS) is 12.5. The first-order valence-electron chi connectivity index (χ1n) is 7.85. The Morgan fingerprint density at radius 1 is 1.00 bits per heavy atom. The van der Waals surface area contributed by atoms with E-state index in [0.29, 0.717) is 17.1 Å². The molecule has 1 atom stereocenters. The Labute approximate surface area is 152 Å². The average Bonchev–Trinajstić information content (AvgIpc) is 2.61. The second kappa shape index (κ2) is 7.56. The molecule has 27 heavy (non-hydrogen) atoms. The van der Waals surface area contributed by atoms with Crippen LogP contribution in [0.15, 0.2) is 55.1 Å². The van der Waals surface area contributed by atoms with Crippen LogP contribution in [0, 0.1) is 5.82 Å². The molecule has 0 aliphatic heterocycles. The van der Waals surface area contributed by atoms with E-state index < -0.39 is 12.1 Å². The smallest absolute Gasteiger partial charge is 0.404 e. The zero-order chi connectivity index (χ0) is 19.4. The van der Waals surface area contributed by atoms with Gasteiger partial charge in [0.05, 0.1) is 24.3 Å². The van der Waals surface area contributed by atoms with E-state index in [1.54, 1.807) is 12.1 Å². The maximum Gasteiger partial charge on any atom is 0.573 e. The second-order valence-corrected chi connectivity index (χ2v) is 5.66. The van der Waals surface area contributed by atoms with E-state index in [0.717, 1.165) is 11.8 Å². The van der Waals surface area contributed by atoms with Crippen LogP contribution in [0.25, 0.3) is 11.3 Å². The Morgan fingerprint density at radius 3 is 2.37 bits per heavy atom. The van der Waals surface area contributed by atoms with Crippen molar-refractivity contribution in [2.75, 3.05) is 5.32 Å². The molecule has 0 bridgehead atoms. The van der Waals surface area contributed by atoms with E-state index >= 15 is 0 Å². The van der Waals surface area contributed by atoms with Gasteiger partial charge in [0.1, 0.15) is 17.4 Å². The third kappa shape index (κ3) is 5.13. The molecule has 0 fully saturated rings. The van der Waals surface area contributed by atoms with E-state index in [9.17, 15) is 17.6 Å². The third-order valence-corrected chi connectivity index (χ3v) is 3.63. The average molecular weight is 378 g/mol. The largest absolute Gasteiger partial charge is 0.573 e. The molecule has 0 saturated heterocycles. The minimum atomic E-state index is -4.80. The number of hydrogen-bond acceptors (Lipinski definition) is 5. The Morgan fingerprint density at radius 2 is 1.74 bits per heavy atom. The van der Waals surface area contributed by atoms with Gasteiger partial charge in [-0.3, -0.25) is 9.97 Å². The van der Waals surface area contributed by atoms with Crippen LogP contribution in [0.4, 0.5) is 23.4 Å². The molecular formula is C18H14F4N4O.